The van der Waals surface area contributed by atoms with E-state index in [0.717, 1.165) is 51.2 Å². The van der Waals surface area contributed by atoms with Crippen molar-refractivity contribution < 1.29 is 14.4 Å². The van der Waals surface area contributed by atoms with Gasteiger partial charge in [0.05, 0.1) is 11.6 Å². The molecule has 6 nitrogen and oxygen atoms in total. The van der Waals surface area contributed by atoms with Crippen LogP contribution < -0.4 is 4.90 Å². The van der Waals surface area contributed by atoms with Gasteiger partial charge in [-0.25, -0.2) is 0 Å². The standard InChI is InChI=1S/C45H41N3O3/c1-8-47-41(50)32(26(2)33(25-46)42(47)51)24-45(7)35-16-12-10-13-28(35)30-18-17-27(21-37(30)45)48-39-23-36-31(22-38(39)44(5,6)40(48)19-20-49)29-14-9-11-15-34(29)43(36,3)4/h9-23,32H,8,24H2,1-7H3/b40-19+. The monoisotopic (exact) mass is 671 g/mol. The van der Waals surface area contributed by atoms with E-state index in [1.165, 1.54) is 27.2 Å². The molecule has 2 atom stereocenters. The maximum atomic E-state index is 13.9. The molecule has 51 heavy (non-hydrogen) atoms. The Bertz CT molecular complexity index is 2350. The Hall–Kier alpha value is -5.54. The van der Waals surface area contributed by atoms with Crippen LogP contribution in [-0.2, 0) is 30.6 Å². The zero-order valence-corrected chi connectivity index (χ0v) is 30.2. The Balaban J connectivity index is 1.32. The summed E-state index contributed by atoms with van der Waals surface area (Å²) in [6, 6.07) is 30.3. The molecule has 2 aliphatic carbocycles. The van der Waals surface area contributed by atoms with E-state index in [1.807, 2.05) is 12.1 Å². The lowest BCUT2D eigenvalue weighted by Crippen LogP contribution is -2.47. The Morgan fingerprint density at radius 3 is 2.08 bits per heavy atom. The van der Waals surface area contributed by atoms with Crippen molar-refractivity contribution in [3.8, 4) is 28.3 Å². The molecule has 0 radical (unpaired) electrons. The van der Waals surface area contributed by atoms with Gasteiger partial charge in [-0.2, -0.15) is 5.26 Å². The number of hydrogen-bond acceptors (Lipinski definition) is 5. The lowest BCUT2D eigenvalue weighted by molar-refractivity contribution is -0.146. The van der Waals surface area contributed by atoms with Crippen LogP contribution in [-0.4, -0.2) is 29.5 Å². The summed E-state index contributed by atoms with van der Waals surface area (Å²) >= 11 is 0. The van der Waals surface area contributed by atoms with Crippen LogP contribution in [0.15, 0.2) is 102 Å². The van der Waals surface area contributed by atoms with E-state index in [0.29, 0.717) is 12.0 Å². The number of anilines is 2. The summed E-state index contributed by atoms with van der Waals surface area (Å²) in [6.07, 6.45) is 2.98. The second-order valence-corrected chi connectivity index (χ2v) is 15.7. The van der Waals surface area contributed by atoms with Crippen LogP contribution in [0, 0.1) is 17.2 Å². The zero-order chi connectivity index (χ0) is 36.2. The Morgan fingerprint density at radius 1 is 0.765 bits per heavy atom. The van der Waals surface area contributed by atoms with Crippen LogP contribution in [0.3, 0.4) is 0 Å². The summed E-state index contributed by atoms with van der Waals surface area (Å²) in [6.45, 7) is 14.8. The normalized spacial score (nSPS) is 22.8. The van der Waals surface area contributed by atoms with E-state index in [-0.39, 0.29) is 23.4 Å². The summed E-state index contributed by atoms with van der Waals surface area (Å²) in [5.41, 5.74) is 12.8. The molecule has 4 aromatic carbocycles. The first-order valence-electron chi connectivity index (χ1n) is 17.8. The molecular formula is C45H41N3O3. The number of imide groups is 1. The molecule has 2 aliphatic heterocycles. The van der Waals surface area contributed by atoms with Gasteiger partial charge in [-0.15, -0.1) is 0 Å². The number of nitriles is 1. The number of allylic oxidation sites excluding steroid dienone is 2. The molecule has 0 bridgehead atoms. The van der Waals surface area contributed by atoms with E-state index in [1.54, 1.807) is 19.9 Å². The number of fused-ring (bicyclic) bond motifs is 7. The minimum absolute atomic E-state index is 0.0578. The average Bonchev–Trinajstić information content (AvgIpc) is 3.60. The third kappa shape index (κ3) is 4.24. The Morgan fingerprint density at radius 2 is 1.41 bits per heavy atom. The first kappa shape index (κ1) is 32.7. The number of hydrogen-bond donors (Lipinski definition) is 0. The predicted octanol–water partition coefficient (Wildman–Crippen LogP) is 9.03. The molecule has 254 valence electrons. The van der Waals surface area contributed by atoms with Crippen LogP contribution in [0.25, 0.3) is 22.3 Å². The smallest absolute Gasteiger partial charge is 0.271 e. The molecule has 0 saturated heterocycles. The van der Waals surface area contributed by atoms with Gasteiger partial charge >= 0.3 is 0 Å². The Kier molecular flexibility index (Phi) is 7.03. The molecule has 4 aliphatic rings. The second kappa shape index (κ2) is 11.0. The minimum Gasteiger partial charge on any atom is -0.313 e. The Labute approximate surface area is 299 Å². The van der Waals surface area contributed by atoms with Crippen molar-refractivity contribution in [2.45, 2.75) is 71.1 Å². The predicted molar refractivity (Wildman–Crippen MR) is 200 cm³/mol. The van der Waals surface area contributed by atoms with Crippen LogP contribution in [0.2, 0.25) is 0 Å². The van der Waals surface area contributed by atoms with Crippen LogP contribution >= 0.6 is 0 Å². The van der Waals surface area contributed by atoms with Gasteiger partial charge in [0.25, 0.3) is 5.91 Å². The fraction of sp³-hybridized carbons (Fsp3) is 0.289. The van der Waals surface area contributed by atoms with E-state index >= 15 is 0 Å². The highest BCUT2D eigenvalue weighted by Crippen LogP contribution is 2.59. The van der Waals surface area contributed by atoms with Crippen molar-refractivity contribution in [2.75, 3.05) is 11.4 Å². The molecule has 0 spiro atoms. The molecule has 0 saturated carbocycles. The van der Waals surface area contributed by atoms with Gasteiger partial charge in [0.1, 0.15) is 17.9 Å². The highest BCUT2D eigenvalue weighted by atomic mass is 16.2. The largest absolute Gasteiger partial charge is 0.313 e. The van der Waals surface area contributed by atoms with Crippen LogP contribution in [0.1, 0.15) is 82.7 Å². The summed E-state index contributed by atoms with van der Waals surface area (Å²) in [5, 5.41) is 9.98. The molecule has 0 fully saturated rings. The van der Waals surface area contributed by atoms with E-state index in [9.17, 15) is 19.6 Å². The molecule has 6 heteroatoms. The number of likely N-dealkylation sites (N-methyl/N-ethyl adjacent to an activating group) is 1. The topological polar surface area (TPSA) is 81.5 Å². The molecule has 2 heterocycles. The number of aldehydes is 1. The third-order valence-corrected chi connectivity index (χ3v) is 12.4. The molecule has 8 rings (SSSR count). The molecular weight excluding hydrogens is 631 g/mol. The fourth-order valence-electron chi connectivity index (χ4n) is 9.56. The van der Waals surface area contributed by atoms with Crippen molar-refractivity contribution in [1.29, 1.82) is 5.26 Å². The van der Waals surface area contributed by atoms with Crippen molar-refractivity contribution in [3.63, 3.8) is 0 Å². The maximum Gasteiger partial charge on any atom is 0.271 e. The van der Waals surface area contributed by atoms with E-state index < -0.39 is 22.7 Å². The van der Waals surface area contributed by atoms with Gasteiger partial charge in [-0.05, 0) is 106 Å². The van der Waals surface area contributed by atoms with Crippen LogP contribution in [0.4, 0.5) is 11.4 Å². The fourth-order valence-corrected chi connectivity index (χ4v) is 9.56. The summed E-state index contributed by atoms with van der Waals surface area (Å²) < 4.78 is 0. The third-order valence-electron chi connectivity index (χ3n) is 12.4. The molecule has 0 aromatic heterocycles. The minimum atomic E-state index is -0.631. The number of carbonyl (C=O) groups excluding carboxylic acids is 3. The van der Waals surface area contributed by atoms with Crippen molar-refractivity contribution in [1.82, 2.24) is 4.90 Å². The van der Waals surface area contributed by atoms with Crippen LogP contribution in [0.5, 0.6) is 0 Å². The summed E-state index contributed by atoms with van der Waals surface area (Å²) in [4.78, 5) is 42.8. The number of carbonyl (C=O) groups is 3. The second-order valence-electron chi connectivity index (χ2n) is 15.7. The highest BCUT2D eigenvalue weighted by Gasteiger charge is 2.48. The van der Waals surface area contributed by atoms with Gasteiger partial charge < -0.3 is 4.90 Å². The SMILES string of the molecule is CCN1C(=O)C(C#N)=C(C)C(CC2(C)c3ccccc3-c3ccc(N4/C(=C/C=O)C(C)(C)c5cc6c(cc54)C(C)(C)c4ccccc4-6)cc32)C1=O. The quantitative estimate of drug-likeness (QED) is 0.120. The van der Waals surface area contributed by atoms with Gasteiger partial charge in [0.2, 0.25) is 5.91 Å². The van der Waals surface area contributed by atoms with E-state index in [4.69, 9.17) is 0 Å². The van der Waals surface area contributed by atoms with Gasteiger partial charge in [-0.1, -0.05) is 89.2 Å². The van der Waals surface area contributed by atoms with Gasteiger partial charge in [0, 0.05) is 34.2 Å². The number of benzene rings is 4. The molecule has 2 amide bonds. The first-order valence-corrected chi connectivity index (χ1v) is 17.8. The number of nitrogens with zero attached hydrogens (tertiary/aromatic N) is 3. The molecule has 2 unspecified atom stereocenters. The van der Waals surface area contributed by atoms with Crippen molar-refractivity contribution in [3.05, 3.63) is 130 Å². The van der Waals surface area contributed by atoms with Gasteiger partial charge in [-0.3, -0.25) is 19.3 Å². The number of amides is 2. The lowest BCUT2D eigenvalue weighted by atomic mass is 9.70. The number of rotatable bonds is 5. The molecule has 4 aromatic rings. The highest BCUT2D eigenvalue weighted by molar-refractivity contribution is 6.11. The van der Waals surface area contributed by atoms with Crippen molar-refractivity contribution in [2.24, 2.45) is 5.92 Å². The first-order chi connectivity index (χ1) is 24.3. The van der Waals surface area contributed by atoms with Crippen molar-refractivity contribution >= 4 is 29.5 Å². The summed E-state index contributed by atoms with van der Waals surface area (Å²) in [5.74, 6) is -1.40. The maximum absolute atomic E-state index is 13.9. The van der Waals surface area contributed by atoms with Gasteiger partial charge in [0.15, 0.2) is 0 Å². The lowest BCUT2D eigenvalue weighted by Gasteiger charge is -2.37. The average molecular weight is 672 g/mol. The summed E-state index contributed by atoms with van der Waals surface area (Å²) in [7, 11) is 0. The molecule has 0 N–H and O–H groups in total. The van der Waals surface area contributed by atoms with E-state index in [2.05, 4.69) is 112 Å². The zero-order valence-electron chi connectivity index (χ0n) is 30.2.